The molecule has 4 saturated heterocycles. The van der Waals surface area contributed by atoms with Gasteiger partial charge in [-0.15, -0.1) is 0 Å². The van der Waals surface area contributed by atoms with Gasteiger partial charge < -0.3 is 28.7 Å². The van der Waals surface area contributed by atoms with Gasteiger partial charge in [-0.3, -0.25) is 0 Å². The van der Waals surface area contributed by atoms with Gasteiger partial charge in [0.25, 0.3) is 0 Å². The lowest BCUT2D eigenvalue weighted by molar-refractivity contribution is -0.138. The van der Waals surface area contributed by atoms with Gasteiger partial charge in [0.15, 0.2) is 0 Å². The summed E-state index contributed by atoms with van der Waals surface area (Å²) in [7, 11) is -4.50. The minimum atomic E-state index is -4.56. The molecule has 0 aliphatic carbocycles. The Morgan fingerprint density at radius 3 is 1.35 bits per heavy atom. The third kappa shape index (κ3) is 12.5. The molecule has 0 bridgehead atoms. The highest BCUT2D eigenvalue weighted by molar-refractivity contribution is 7.88. The first-order chi connectivity index (χ1) is 37.1. The zero-order valence-corrected chi connectivity index (χ0v) is 43.5. The molecule has 10 rings (SSSR count). The summed E-state index contributed by atoms with van der Waals surface area (Å²) >= 11 is 0. The highest BCUT2D eigenvalue weighted by atomic mass is 32.2. The summed E-state index contributed by atoms with van der Waals surface area (Å²) in [5.41, 5.74) is 0.0129. The number of morpholine rings is 2. The number of hydrogen-bond acceptors (Lipinski definition) is 14. The van der Waals surface area contributed by atoms with Gasteiger partial charge in [0.05, 0.1) is 85.6 Å². The number of halogens is 8. The highest BCUT2D eigenvalue weighted by Gasteiger charge is 2.44. The van der Waals surface area contributed by atoms with Crippen LogP contribution in [0.4, 0.5) is 46.5 Å². The number of aromatic nitrogens is 4. The Hall–Kier alpha value is -6.58. The van der Waals surface area contributed by atoms with Crippen LogP contribution >= 0.6 is 0 Å². The van der Waals surface area contributed by atoms with Crippen molar-refractivity contribution in [1.29, 1.82) is 0 Å². The van der Waals surface area contributed by atoms with Gasteiger partial charge in [0, 0.05) is 74.9 Å². The molecule has 416 valence electrons. The van der Waals surface area contributed by atoms with Crippen molar-refractivity contribution >= 4 is 31.4 Å². The van der Waals surface area contributed by atoms with E-state index in [-0.39, 0.29) is 85.2 Å². The van der Waals surface area contributed by atoms with Crippen LogP contribution < -0.4 is 19.3 Å². The number of benzene rings is 4. The van der Waals surface area contributed by atoms with Crippen LogP contribution in [0.1, 0.15) is 35.4 Å². The summed E-state index contributed by atoms with van der Waals surface area (Å²) < 4.78 is 188. The van der Waals surface area contributed by atoms with E-state index >= 15 is 8.78 Å². The van der Waals surface area contributed by atoms with Gasteiger partial charge in [-0.25, -0.2) is 45.6 Å². The van der Waals surface area contributed by atoms with Crippen LogP contribution in [0.2, 0.25) is 0 Å². The van der Waals surface area contributed by atoms with Crippen molar-refractivity contribution in [3.8, 4) is 33.8 Å². The third-order valence-electron chi connectivity index (χ3n) is 14.0. The van der Waals surface area contributed by atoms with E-state index in [1.54, 1.807) is 12.1 Å². The van der Waals surface area contributed by atoms with E-state index in [0.717, 1.165) is 24.3 Å². The van der Waals surface area contributed by atoms with E-state index in [0.29, 0.717) is 60.2 Å². The number of rotatable bonds is 12. The van der Waals surface area contributed by atoms with Crippen LogP contribution in [-0.2, 0) is 53.4 Å². The van der Waals surface area contributed by atoms with Crippen molar-refractivity contribution in [3.63, 3.8) is 0 Å². The lowest BCUT2D eigenvalue weighted by Gasteiger charge is -2.47. The number of ether oxygens (including phenoxy) is 4. The quantitative estimate of drug-likeness (QED) is 0.107. The number of piperidine rings is 2. The third-order valence-corrected chi connectivity index (χ3v) is 17.6. The van der Waals surface area contributed by atoms with E-state index in [2.05, 4.69) is 19.9 Å². The maximum absolute atomic E-state index is 15.4. The summed E-state index contributed by atoms with van der Waals surface area (Å²) in [5.74, 6) is -1.32. The highest BCUT2D eigenvalue weighted by Crippen LogP contribution is 2.43. The molecule has 0 spiro atoms. The maximum atomic E-state index is 15.4. The van der Waals surface area contributed by atoms with Crippen LogP contribution in [0.25, 0.3) is 22.3 Å². The van der Waals surface area contributed by atoms with Crippen LogP contribution in [0.3, 0.4) is 0 Å². The van der Waals surface area contributed by atoms with E-state index in [4.69, 9.17) is 18.9 Å². The maximum Gasteiger partial charge on any atom is 0.416 e. The van der Waals surface area contributed by atoms with Crippen molar-refractivity contribution in [2.75, 3.05) is 76.5 Å². The second-order valence-corrected chi connectivity index (χ2v) is 22.6. The predicted octanol–water partition coefficient (Wildman–Crippen LogP) is 8.24. The lowest BCUT2D eigenvalue weighted by atomic mass is 9.97. The zero-order chi connectivity index (χ0) is 55.6. The van der Waals surface area contributed by atoms with Gasteiger partial charge in [-0.2, -0.15) is 35.0 Å². The first-order valence-electron chi connectivity index (χ1n) is 24.5. The summed E-state index contributed by atoms with van der Waals surface area (Å²) in [5, 5.41) is 0. The van der Waals surface area contributed by atoms with Gasteiger partial charge in [-0.05, 0) is 72.5 Å². The number of nitrogens with zero attached hydrogens (tertiary/aromatic N) is 8. The van der Waals surface area contributed by atoms with Crippen LogP contribution in [0, 0.1) is 11.6 Å². The molecule has 6 aromatic rings. The Morgan fingerprint density at radius 2 is 0.987 bits per heavy atom. The van der Waals surface area contributed by atoms with E-state index < -0.39 is 67.4 Å². The average Bonchev–Trinajstić information content (AvgIpc) is 3.58. The molecule has 4 fully saturated rings. The molecule has 4 aliphatic heterocycles. The molecule has 0 N–H and O–H groups in total. The van der Waals surface area contributed by atoms with Crippen LogP contribution in [0.15, 0.2) is 110 Å². The Bertz CT molecular complexity index is 3100. The Labute approximate surface area is 444 Å². The van der Waals surface area contributed by atoms with E-state index in [1.165, 1.54) is 96.4 Å². The number of alkyl halides is 6. The molecule has 0 saturated carbocycles. The lowest BCUT2D eigenvalue weighted by Crippen LogP contribution is -2.60. The van der Waals surface area contributed by atoms with Crippen molar-refractivity contribution in [2.24, 2.45) is 0 Å². The van der Waals surface area contributed by atoms with E-state index in [1.807, 2.05) is 9.80 Å². The monoisotopic (exact) mass is 1130 g/mol. The van der Waals surface area contributed by atoms with E-state index in [9.17, 15) is 43.2 Å². The fourth-order valence-electron chi connectivity index (χ4n) is 10.2. The molecule has 4 aromatic carbocycles. The fraction of sp³-hybridized carbons (Fsp3) is 0.385. The molecular weight excluding hydrogens is 1080 g/mol. The number of hydrogen-bond donors (Lipinski definition) is 0. The number of sulfonamides is 2. The standard InChI is InChI=1S/2C26H26F4N4O4S/c2*1-37-24-12-20(17-3-2-4-18(11-17)26(28,29)30)21(27)13-23(24)34-9-10-38-25-14-33(8-6-22(25)34)39(35,36)15-19-5-7-31-16-32-19/h2*2-5,7,11-13,16,22,25H,6,8-10,14-15H2,1H3/t2*22-,25-/m10/s1. The average molecular weight is 1130 g/mol. The summed E-state index contributed by atoms with van der Waals surface area (Å²) in [6.45, 7) is 2.11. The molecule has 16 nitrogen and oxygen atoms in total. The molecule has 78 heavy (non-hydrogen) atoms. The number of fused-ring (bicyclic) bond motifs is 2. The molecule has 4 atom stereocenters. The Balaban J connectivity index is 0.000000190. The van der Waals surface area contributed by atoms with Crippen molar-refractivity contribution in [2.45, 2.75) is 61.0 Å². The first kappa shape index (κ1) is 56.2. The van der Waals surface area contributed by atoms with Crippen molar-refractivity contribution in [3.05, 3.63) is 144 Å². The second-order valence-electron chi connectivity index (χ2n) is 18.7. The van der Waals surface area contributed by atoms with Crippen molar-refractivity contribution in [1.82, 2.24) is 28.5 Å². The van der Waals surface area contributed by atoms with Gasteiger partial charge in [-0.1, -0.05) is 24.3 Å². The van der Waals surface area contributed by atoms with Crippen LogP contribution in [-0.4, -0.2) is 136 Å². The van der Waals surface area contributed by atoms with Gasteiger partial charge in [0.1, 0.15) is 47.3 Å². The fourth-order valence-corrected chi connectivity index (χ4v) is 13.2. The Kier molecular flexibility index (Phi) is 16.6. The molecule has 2 aromatic heterocycles. The Morgan fingerprint density at radius 1 is 0.577 bits per heavy atom. The van der Waals surface area contributed by atoms with Gasteiger partial charge in [0.2, 0.25) is 20.0 Å². The SMILES string of the molecule is COc1cc(-c2cccc(C(F)(F)F)c2)c(F)cc1N1CCO[C@@H]2CN(S(=O)(=O)Cc3ccncn3)CC[C@H]21.COc1cc(-c2cccc(C(F)(F)F)c2)c(F)cc1N1CCO[C@H]2CN(S(=O)(=O)Cc3ccncn3)CC[C@@H]21. The molecule has 6 heterocycles. The molecule has 0 radical (unpaired) electrons. The smallest absolute Gasteiger partial charge is 0.416 e. The minimum absolute atomic E-state index is 0.0165. The molecule has 0 amide bonds. The minimum Gasteiger partial charge on any atom is -0.495 e. The largest absolute Gasteiger partial charge is 0.495 e. The molecule has 26 heteroatoms. The molecule has 0 unspecified atom stereocenters. The topological polar surface area (TPSA) is 170 Å². The predicted molar refractivity (Wildman–Crippen MR) is 270 cm³/mol. The number of anilines is 2. The summed E-state index contributed by atoms with van der Waals surface area (Å²) in [4.78, 5) is 19.5. The number of methoxy groups -OCH3 is 2. The molecule has 4 aliphatic rings. The zero-order valence-electron chi connectivity index (χ0n) is 41.9. The molecular formula is C52H52F8N8O8S2. The summed E-state index contributed by atoms with van der Waals surface area (Å²) in [6, 6.07) is 16.9. The van der Waals surface area contributed by atoms with Crippen LogP contribution in [0.5, 0.6) is 11.5 Å². The summed E-state index contributed by atoms with van der Waals surface area (Å²) in [6.07, 6.45) is -3.65. The normalized spacial score (nSPS) is 20.5. The first-order valence-corrected chi connectivity index (χ1v) is 27.7. The second kappa shape index (κ2) is 23.0. The van der Waals surface area contributed by atoms with Gasteiger partial charge >= 0.3 is 12.4 Å². The van der Waals surface area contributed by atoms with Crippen molar-refractivity contribution < 1.29 is 70.9 Å².